The summed E-state index contributed by atoms with van der Waals surface area (Å²) < 4.78 is 13.7. The molecule has 0 aromatic heterocycles. The minimum Gasteiger partial charge on any atom is -0.370 e. The maximum absolute atomic E-state index is 13.7. The predicted octanol–water partition coefficient (Wildman–Crippen LogP) is 3.98. The molecule has 1 heterocycles. The number of hydrogen-bond donors (Lipinski definition) is 1. The van der Waals surface area contributed by atoms with Gasteiger partial charge >= 0.3 is 0 Å². The van der Waals surface area contributed by atoms with E-state index in [2.05, 4.69) is 10.2 Å². The average Bonchev–Trinajstić information content (AvgIpc) is 2.62. The first-order chi connectivity index (χ1) is 12.0. The van der Waals surface area contributed by atoms with Crippen molar-refractivity contribution in [2.75, 3.05) is 23.3 Å². The molecule has 3 rings (SSSR count). The summed E-state index contributed by atoms with van der Waals surface area (Å²) in [6, 6.07) is 9.66. The molecule has 1 amide bonds. The SMILES string of the molecule is O=C(Nc1cc(F)ccc1N1CCCCC1)c1ccc([N+](=O)[O-])cc1. The molecule has 1 fully saturated rings. The highest BCUT2D eigenvalue weighted by Gasteiger charge is 2.17. The van der Waals surface area contributed by atoms with Gasteiger partial charge in [0.2, 0.25) is 0 Å². The Morgan fingerprint density at radius 3 is 2.40 bits per heavy atom. The normalized spacial score (nSPS) is 14.2. The summed E-state index contributed by atoms with van der Waals surface area (Å²) in [4.78, 5) is 24.7. The van der Waals surface area contributed by atoms with E-state index in [-0.39, 0.29) is 11.3 Å². The van der Waals surface area contributed by atoms with E-state index in [1.54, 1.807) is 6.07 Å². The topological polar surface area (TPSA) is 75.5 Å². The van der Waals surface area contributed by atoms with Gasteiger partial charge in [-0.1, -0.05) is 0 Å². The lowest BCUT2D eigenvalue weighted by atomic mass is 10.1. The first-order valence-corrected chi connectivity index (χ1v) is 8.15. The van der Waals surface area contributed by atoms with Crippen LogP contribution in [0.3, 0.4) is 0 Å². The van der Waals surface area contributed by atoms with Crippen LogP contribution >= 0.6 is 0 Å². The van der Waals surface area contributed by atoms with Crippen LogP contribution in [0, 0.1) is 15.9 Å². The van der Waals surface area contributed by atoms with E-state index < -0.39 is 16.6 Å². The largest absolute Gasteiger partial charge is 0.370 e. The monoisotopic (exact) mass is 343 g/mol. The number of nitrogens with zero attached hydrogens (tertiary/aromatic N) is 2. The second-order valence-corrected chi connectivity index (χ2v) is 5.97. The molecule has 0 unspecified atom stereocenters. The van der Waals surface area contributed by atoms with Crippen LogP contribution in [-0.2, 0) is 0 Å². The third-order valence-electron chi connectivity index (χ3n) is 4.24. The highest BCUT2D eigenvalue weighted by molar-refractivity contribution is 6.06. The van der Waals surface area contributed by atoms with E-state index in [1.807, 2.05) is 0 Å². The minimum absolute atomic E-state index is 0.0867. The lowest BCUT2D eigenvalue weighted by Gasteiger charge is -2.30. The van der Waals surface area contributed by atoms with E-state index in [4.69, 9.17) is 0 Å². The molecule has 0 atom stereocenters. The minimum atomic E-state index is -0.525. The van der Waals surface area contributed by atoms with E-state index in [1.165, 1.54) is 42.8 Å². The Bertz CT molecular complexity index is 787. The van der Waals surface area contributed by atoms with Crippen LogP contribution in [-0.4, -0.2) is 23.9 Å². The molecule has 2 aromatic carbocycles. The predicted molar refractivity (Wildman–Crippen MR) is 93.5 cm³/mol. The van der Waals surface area contributed by atoms with E-state index in [9.17, 15) is 19.3 Å². The molecule has 1 saturated heterocycles. The van der Waals surface area contributed by atoms with Crippen LogP contribution in [0.1, 0.15) is 29.6 Å². The number of nitrogens with one attached hydrogen (secondary N) is 1. The van der Waals surface area contributed by atoms with Crippen LogP contribution in [0.5, 0.6) is 0 Å². The van der Waals surface area contributed by atoms with Crippen molar-refractivity contribution in [1.82, 2.24) is 0 Å². The molecular formula is C18H18FN3O3. The van der Waals surface area contributed by atoms with Gasteiger partial charge in [-0.2, -0.15) is 0 Å². The molecule has 2 aromatic rings. The molecule has 130 valence electrons. The van der Waals surface area contributed by atoms with Crippen molar-refractivity contribution < 1.29 is 14.1 Å². The Morgan fingerprint density at radius 1 is 1.08 bits per heavy atom. The van der Waals surface area contributed by atoms with Crippen LogP contribution in [0.2, 0.25) is 0 Å². The van der Waals surface area contributed by atoms with Gasteiger partial charge in [-0.25, -0.2) is 4.39 Å². The molecule has 1 N–H and O–H groups in total. The van der Waals surface area contributed by atoms with Crippen molar-refractivity contribution >= 4 is 23.0 Å². The zero-order valence-corrected chi connectivity index (χ0v) is 13.6. The quantitative estimate of drug-likeness (QED) is 0.673. The zero-order valence-electron chi connectivity index (χ0n) is 13.6. The number of carbonyl (C=O) groups excluding carboxylic acids is 1. The molecule has 0 spiro atoms. The Balaban J connectivity index is 1.82. The average molecular weight is 343 g/mol. The first-order valence-electron chi connectivity index (χ1n) is 8.15. The van der Waals surface area contributed by atoms with Gasteiger partial charge in [0.1, 0.15) is 5.82 Å². The molecule has 0 aliphatic carbocycles. The van der Waals surface area contributed by atoms with Crippen molar-refractivity contribution in [2.45, 2.75) is 19.3 Å². The van der Waals surface area contributed by atoms with Crippen LogP contribution in [0.15, 0.2) is 42.5 Å². The van der Waals surface area contributed by atoms with E-state index in [0.717, 1.165) is 31.6 Å². The van der Waals surface area contributed by atoms with Gasteiger partial charge < -0.3 is 10.2 Å². The number of benzene rings is 2. The van der Waals surface area contributed by atoms with Crippen LogP contribution < -0.4 is 10.2 Å². The maximum atomic E-state index is 13.7. The van der Waals surface area contributed by atoms with Crippen molar-refractivity contribution in [2.24, 2.45) is 0 Å². The first kappa shape index (κ1) is 16.9. The van der Waals surface area contributed by atoms with Crippen LogP contribution in [0.25, 0.3) is 0 Å². The van der Waals surface area contributed by atoms with Gasteiger partial charge in [-0.15, -0.1) is 0 Å². The molecule has 0 saturated carbocycles. The molecule has 25 heavy (non-hydrogen) atoms. The Kier molecular flexibility index (Phi) is 4.92. The molecule has 7 heteroatoms. The van der Waals surface area contributed by atoms with Crippen molar-refractivity contribution in [1.29, 1.82) is 0 Å². The van der Waals surface area contributed by atoms with E-state index >= 15 is 0 Å². The van der Waals surface area contributed by atoms with Gasteiger partial charge in [0.15, 0.2) is 0 Å². The van der Waals surface area contributed by atoms with Gasteiger partial charge in [0, 0.05) is 30.8 Å². The number of non-ortho nitro benzene ring substituents is 1. The number of nitro benzene ring substituents is 1. The second kappa shape index (κ2) is 7.29. The Hall–Kier alpha value is -2.96. The number of anilines is 2. The maximum Gasteiger partial charge on any atom is 0.269 e. The Morgan fingerprint density at radius 2 is 1.76 bits per heavy atom. The number of nitro groups is 1. The summed E-state index contributed by atoms with van der Waals surface area (Å²) in [6.07, 6.45) is 3.29. The highest BCUT2D eigenvalue weighted by atomic mass is 19.1. The number of piperidine rings is 1. The number of rotatable bonds is 4. The van der Waals surface area contributed by atoms with Gasteiger partial charge in [-0.3, -0.25) is 14.9 Å². The fraction of sp³-hybridized carbons (Fsp3) is 0.278. The summed E-state index contributed by atoms with van der Waals surface area (Å²) >= 11 is 0. The fourth-order valence-electron chi connectivity index (χ4n) is 2.95. The standard InChI is InChI=1S/C18H18FN3O3/c19-14-6-9-17(21-10-2-1-3-11-21)16(12-14)20-18(23)13-4-7-15(8-5-13)22(24)25/h4-9,12H,1-3,10-11H2,(H,20,23). The number of hydrogen-bond acceptors (Lipinski definition) is 4. The summed E-state index contributed by atoms with van der Waals surface area (Å²) in [6.45, 7) is 1.73. The molecule has 6 nitrogen and oxygen atoms in total. The van der Waals surface area contributed by atoms with Gasteiger partial charge in [0.05, 0.1) is 16.3 Å². The molecule has 1 aliphatic heterocycles. The van der Waals surface area contributed by atoms with Crippen LogP contribution in [0.4, 0.5) is 21.5 Å². The number of amides is 1. The summed E-state index contributed by atoms with van der Waals surface area (Å²) in [7, 11) is 0. The lowest BCUT2D eigenvalue weighted by Crippen LogP contribution is -2.30. The lowest BCUT2D eigenvalue weighted by molar-refractivity contribution is -0.384. The molecular weight excluding hydrogens is 325 g/mol. The van der Waals surface area contributed by atoms with Crippen molar-refractivity contribution in [3.05, 3.63) is 64.0 Å². The Labute approximate surface area is 144 Å². The van der Waals surface area contributed by atoms with Gasteiger partial charge in [0.25, 0.3) is 11.6 Å². The third kappa shape index (κ3) is 3.93. The summed E-state index contributed by atoms with van der Waals surface area (Å²) in [5, 5.41) is 13.4. The smallest absolute Gasteiger partial charge is 0.269 e. The molecule has 1 aliphatic rings. The summed E-state index contributed by atoms with van der Waals surface area (Å²) in [5.41, 5.74) is 1.39. The van der Waals surface area contributed by atoms with Crippen molar-refractivity contribution in [3.8, 4) is 0 Å². The zero-order chi connectivity index (χ0) is 17.8. The summed E-state index contributed by atoms with van der Waals surface area (Å²) in [5.74, 6) is -0.862. The number of halogens is 1. The second-order valence-electron chi connectivity index (χ2n) is 5.97. The third-order valence-corrected chi connectivity index (χ3v) is 4.24. The molecule has 0 bridgehead atoms. The highest BCUT2D eigenvalue weighted by Crippen LogP contribution is 2.29. The molecule has 0 radical (unpaired) electrons. The van der Waals surface area contributed by atoms with Crippen molar-refractivity contribution in [3.63, 3.8) is 0 Å². The fourth-order valence-corrected chi connectivity index (χ4v) is 2.95. The number of carbonyl (C=O) groups is 1. The van der Waals surface area contributed by atoms with Gasteiger partial charge in [-0.05, 0) is 49.6 Å². The van der Waals surface area contributed by atoms with E-state index in [0.29, 0.717) is 5.69 Å².